The summed E-state index contributed by atoms with van der Waals surface area (Å²) in [5.41, 5.74) is 3.61. The minimum absolute atomic E-state index is 0.251. The molecule has 4 aromatic rings. The lowest BCUT2D eigenvalue weighted by Gasteiger charge is -2.38. The maximum atomic E-state index is 13.7. The number of fused-ring (bicyclic) bond motifs is 1. The van der Waals surface area contributed by atoms with Gasteiger partial charge in [0.15, 0.2) is 0 Å². The Bertz CT molecular complexity index is 1410. The van der Waals surface area contributed by atoms with Crippen molar-refractivity contribution in [3.8, 4) is 0 Å². The van der Waals surface area contributed by atoms with Gasteiger partial charge in [-0.25, -0.2) is 8.42 Å². The van der Waals surface area contributed by atoms with Crippen LogP contribution in [0.5, 0.6) is 0 Å². The van der Waals surface area contributed by atoms with Gasteiger partial charge in [-0.05, 0) is 43.3 Å². The third-order valence-electron chi connectivity index (χ3n) is 6.10. The smallest absolute Gasteiger partial charge is 0.210 e. The van der Waals surface area contributed by atoms with Crippen LogP contribution in [0.3, 0.4) is 0 Å². The highest BCUT2D eigenvalue weighted by Gasteiger charge is 2.28. The number of piperazine rings is 1. The molecule has 2 heterocycles. The lowest BCUT2D eigenvalue weighted by Crippen LogP contribution is -2.47. The molecule has 7 heteroatoms. The number of hydrogen-bond donors (Lipinski definition) is 0. The summed E-state index contributed by atoms with van der Waals surface area (Å²) >= 11 is 6.18. The standard InChI is InChI=1S/C26H24ClN3O2S/c1-19-9-11-22(12-10-19)33(31,32)25-18-28-24-8-3-2-7-23(24)26(25)30-15-13-29(14-16-30)21-6-4-5-20(27)17-21/h2-12,17-18H,13-16H2,1H3. The average Bonchev–Trinajstić information content (AvgIpc) is 2.84. The molecule has 5 rings (SSSR count). The number of nitrogens with zero attached hydrogens (tertiary/aromatic N) is 3. The Balaban J connectivity index is 1.55. The Labute approximate surface area is 199 Å². The molecule has 1 aromatic heterocycles. The molecule has 1 aliphatic heterocycles. The van der Waals surface area contributed by atoms with E-state index in [1.165, 1.54) is 6.20 Å². The second kappa shape index (κ2) is 8.69. The maximum absolute atomic E-state index is 13.7. The molecule has 0 atom stereocenters. The summed E-state index contributed by atoms with van der Waals surface area (Å²) in [5, 5.41) is 1.56. The van der Waals surface area contributed by atoms with Gasteiger partial charge in [0, 0.05) is 48.5 Å². The molecule has 0 saturated carbocycles. The van der Waals surface area contributed by atoms with E-state index in [0.29, 0.717) is 18.1 Å². The Kier molecular flexibility index (Phi) is 5.72. The number of benzene rings is 3. The van der Waals surface area contributed by atoms with Crippen molar-refractivity contribution in [2.75, 3.05) is 36.0 Å². The quantitative estimate of drug-likeness (QED) is 0.396. The lowest BCUT2D eigenvalue weighted by atomic mass is 10.1. The van der Waals surface area contributed by atoms with Crippen LogP contribution in [-0.2, 0) is 9.84 Å². The number of halogens is 1. The molecule has 0 bridgehead atoms. The molecule has 33 heavy (non-hydrogen) atoms. The van der Waals surface area contributed by atoms with E-state index in [1.54, 1.807) is 12.1 Å². The molecular weight excluding hydrogens is 454 g/mol. The number of sulfone groups is 1. The highest BCUT2D eigenvalue weighted by atomic mass is 35.5. The van der Waals surface area contributed by atoms with Gasteiger partial charge in [-0.1, -0.05) is 53.6 Å². The molecule has 168 valence electrons. The van der Waals surface area contributed by atoms with Crippen molar-refractivity contribution in [2.45, 2.75) is 16.7 Å². The van der Waals surface area contributed by atoms with Crippen LogP contribution < -0.4 is 9.80 Å². The summed E-state index contributed by atoms with van der Waals surface area (Å²) in [6.45, 7) is 4.86. The predicted octanol–water partition coefficient (Wildman–Crippen LogP) is 5.36. The Hall–Kier alpha value is -3.09. The van der Waals surface area contributed by atoms with Crippen molar-refractivity contribution in [3.05, 3.63) is 89.6 Å². The van der Waals surface area contributed by atoms with Gasteiger partial charge in [-0.15, -0.1) is 0 Å². The van der Waals surface area contributed by atoms with Crippen LogP contribution in [0.1, 0.15) is 5.56 Å². The van der Waals surface area contributed by atoms with Crippen molar-refractivity contribution in [3.63, 3.8) is 0 Å². The number of hydrogen-bond acceptors (Lipinski definition) is 5. The van der Waals surface area contributed by atoms with Gasteiger partial charge in [-0.2, -0.15) is 0 Å². The number of pyridine rings is 1. The largest absolute Gasteiger partial charge is 0.368 e. The first-order valence-electron chi connectivity index (χ1n) is 10.9. The molecule has 0 unspecified atom stereocenters. The fourth-order valence-corrected chi connectivity index (χ4v) is 5.95. The van der Waals surface area contributed by atoms with Crippen molar-refractivity contribution >= 4 is 43.7 Å². The third-order valence-corrected chi connectivity index (χ3v) is 8.11. The van der Waals surface area contributed by atoms with Crippen LogP contribution in [0.25, 0.3) is 10.9 Å². The number of rotatable bonds is 4. The van der Waals surface area contributed by atoms with E-state index in [4.69, 9.17) is 11.6 Å². The minimum atomic E-state index is -3.73. The molecule has 0 radical (unpaired) electrons. The van der Waals surface area contributed by atoms with E-state index in [2.05, 4.69) is 20.9 Å². The minimum Gasteiger partial charge on any atom is -0.368 e. The average molecular weight is 478 g/mol. The predicted molar refractivity (Wildman–Crippen MR) is 134 cm³/mol. The summed E-state index contributed by atoms with van der Waals surface area (Å²) in [6.07, 6.45) is 1.51. The van der Waals surface area contributed by atoms with E-state index in [9.17, 15) is 8.42 Å². The molecule has 0 aliphatic carbocycles. The number of para-hydroxylation sites is 1. The van der Waals surface area contributed by atoms with E-state index < -0.39 is 9.84 Å². The third kappa shape index (κ3) is 4.16. The molecule has 0 spiro atoms. The first kappa shape index (κ1) is 21.7. The van der Waals surface area contributed by atoms with E-state index in [1.807, 2.05) is 61.5 Å². The normalized spacial score (nSPS) is 14.6. The van der Waals surface area contributed by atoms with Gasteiger partial charge in [0.2, 0.25) is 9.84 Å². The summed E-state index contributed by atoms with van der Waals surface area (Å²) in [4.78, 5) is 9.47. The second-order valence-corrected chi connectivity index (χ2v) is 10.6. The Morgan fingerprint density at radius 1 is 0.848 bits per heavy atom. The molecule has 0 amide bonds. The van der Waals surface area contributed by atoms with Crippen molar-refractivity contribution in [1.82, 2.24) is 4.98 Å². The van der Waals surface area contributed by atoms with E-state index >= 15 is 0 Å². The van der Waals surface area contributed by atoms with Gasteiger partial charge < -0.3 is 9.80 Å². The van der Waals surface area contributed by atoms with Gasteiger partial charge in [0.1, 0.15) is 4.90 Å². The molecule has 0 N–H and O–H groups in total. The Morgan fingerprint density at radius 2 is 1.55 bits per heavy atom. The summed E-state index contributed by atoms with van der Waals surface area (Å²) < 4.78 is 27.4. The van der Waals surface area contributed by atoms with Crippen molar-refractivity contribution in [2.24, 2.45) is 0 Å². The van der Waals surface area contributed by atoms with Gasteiger partial charge in [-0.3, -0.25) is 4.98 Å². The maximum Gasteiger partial charge on any atom is 0.210 e. The lowest BCUT2D eigenvalue weighted by molar-refractivity contribution is 0.594. The van der Waals surface area contributed by atoms with Crippen LogP contribution in [0, 0.1) is 6.92 Å². The molecule has 1 fully saturated rings. The van der Waals surface area contributed by atoms with Crippen molar-refractivity contribution < 1.29 is 8.42 Å². The van der Waals surface area contributed by atoms with Crippen molar-refractivity contribution in [1.29, 1.82) is 0 Å². The molecular formula is C26H24ClN3O2S. The van der Waals surface area contributed by atoms with E-state index in [-0.39, 0.29) is 9.79 Å². The van der Waals surface area contributed by atoms with Crippen LogP contribution >= 0.6 is 11.6 Å². The SMILES string of the molecule is Cc1ccc(S(=O)(=O)c2cnc3ccccc3c2N2CCN(c3cccc(Cl)c3)CC2)cc1. The molecule has 1 aliphatic rings. The summed E-state index contributed by atoms with van der Waals surface area (Å²) in [6, 6.07) is 22.5. The zero-order valence-corrected chi connectivity index (χ0v) is 19.9. The van der Waals surface area contributed by atoms with Gasteiger partial charge >= 0.3 is 0 Å². The summed E-state index contributed by atoms with van der Waals surface area (Å²) in [5.74, 6) is 0. The number of aromatic nitrogens is 1. The zero-order chi connectivity index (χ0) is 23.0. The topological polar surface area (TPSA) is 53.5 Å². The van der Waals surface area contributed by atoms with Gasteiger partial charge in [0.05, 0.1) is 16.1 Å². The highest BCUT2D eigenvalue weighted by Crippen LogP contribution is 2.36. The highest BCUT2D eigenvalue weighted by molar-refractivity contribution is 7.91. The molecule has 1 saturated heterocycles. The molecule has 5 nitrogen and oxygen atoms in total. The monoisotopic (exact) mass is 477 g/mol. The molecule has 3 aromatic carbocycles. The summed E-state index contributed by atoms with van der Waals surface area (Å²) in [7, 11) is -3.73. The van der Waals surface area contributed by atoms with Crippen LogP contribution in [0.4, 0.5) is 11.4 Å². The van der Waals surface area contributed by atoms with E-state index in [0.717, 1.165) is 40.9 Å². The zero-order valence-electron chi connectivity index (χ0n) is 18.3. The fraction of sp³-hybridized carbons (Fsp3) is 0.192. The first-order chi connectivity index (χ1) is 15.9. The number of anilines is 2. The van der Waals surface area contributed by atoms with Crippen LogP contribution in [0.2, 0.25) is 5.02 Å². The van der Waals surface area contributed by atoms with Crippen LogP contribution in [-0.4, -0.2) is 39.6 Å². The van der Waals surface area contributed by atoms with Gasteiger partial charge in [0.25, 0.3) is 0 Å². The Morgan fingerprint density at radius 3 is 2.27 bits per heavy atom. The fourth-order valence-electron chi connectivity index (χ4n) is 4.34. The first-order valence-corrected chi connectivity index (χ1v) is 12.7. The van der Waals surface area contributed by atoms with Crippen LogP contribution in [0.15, 0.2) is 88.8 Å². The number of aryl methyl sites for hydroxylation is 1. The second-order valence-electron chi connectivity index (χ2n) is 8.26.